The quantitative estimate of drug-likeness (QED) is 0.563. The first-order valence-electron chi connectivity index (χ1n) is 10.4. The van der Waals surface area contributed by atoms with Crippen molar-refractivity contribution < 1.29 is 29.2 Å². The molecule has 0 aromatic heterocycles. The molecule has 0 saturated heterocycles. The zero-order valence-corrected chi connectivity index (χ0v) is 18.0. The highest BCUT2D eigenvalue weighted by atomic mass is 19.1. The molecule has 4 atom stereocenters. The molecule has 168 valence electrons. The van der Waals surface area contributed by atoms with E-state index in [2.05, 4.69) is 5.32 Å². The average molecular weight is 432 g/mol. The molecule has 2 aromatic rings. The molecule has 0 aliphatic heterocycles. The van der Waals surface area contributed by atoms with Gasteiger partial charge in [-0.1, -0.05) is 32.0 Å². The maximum absolute atomic E-state index is 13.9. The maximum atomic E-state index is 13.9. The molecule has 0 unspecified atom stereocenters. The lowest BCUT2D eigenvalue weighted by molar-refractivity contribution is -0.174. The summed E-state index contributed by atoms with van der Waals surface area (Å²) in [5.41, 5.74) is 1.70. The first kappa shape index (κ1) is 23.2. The molecule has 0 heterocycles. The van der Waals surface area contributed by atoms with E-state index in [1.165, 1.54) is 19.1 Å². The van der Waals surface area contributed by atoms with Gasteiger partial charge in [-0.05, 0) is 59.2 Å². The van der Waals surface area contributed by atoms with E-state index < -0.39 is 29.8 Å². The Kier molecular flexibility index (Phi) is 6.99. The number of aliphatic hydroxyl groups excluding tert-OH is 3. The standard InChI is InChI=1S/C24H30FNO5/c1-14(27)26-10-9-15-7-8-18(12-19(15)16-5-4-6-17(25)11-16)31-20-13-24(2,3)23(30)22(29)21(20)28/h4-8,11-12,20-23,28-30H,9-10,13H2,1-3H3,(H,26,27)/t20-,21+,22+,23-/m1/s1. The largest absolute Gasteiger partial charge is 0.488 e. The second-order valence-corrected chi connectivity index (χ2v) is 8.84. The predicted octanol–water partition coefficient (Wildman–Crippen LogP) is 2.43. The Balaban J connectivity index is 1.89. The number of amides is 1. The average Bonchev–Trinajstić information content (AvgIpc) is 2.71. The summed E-state index contributed by atoms with van der Waals surface area (Å²) in [7, 11) is 0. The normalized spacial score (nSPS) is 25.1. The van der Waals surface area contributed by atoms with Crippen LogP contribution in [0.3, 0.4) is 0 Å². The molecular weight excluding hydrogens is 401 g/mol. The Labute approximate surface area is 181 Å². The highest BCUT2D eigenvalue weighted by molar-refractivity contribution is 5.73. The van der Waals surface area contributed by atoms with Crippen LogP contribution >= 0.6 is 0 Å². The number of nitrogens with one attached hydrogen (secondary N) is 1. The van der Waals surface area contributed by atoms with Gasteiger partial charge in [0.05, 0.1) is 6.10 Å². The summed E-state index contributed by atoms with van der Waals surface area (Å²) in [6.45, 7) is 5.52. The van der Waals surface area contributed by atoms with Gasteiger partial charge < -0.3 is 25.4 Å². The highest BCUT2D eigenvalue weighted by Crippen LogP contribution is 2.38. The van der Waals surface area contributed by atoms with Crippen LogP contribution < -0.4 is 10.1 Å². The first-order valence-corrected chi connectivity index (χ1v) is 10.4. The molecule has 7 heteroatoms. The maximum Gasteiger partial charge on any atom is 0.216 e. The van der Waals surface area contributed by atoms with Crippen molar-refractivity contribution in [2.75, 3.05) is 6.54 Å². The van der Waals surface area contributed by atoms with E-state index in [9.17, 15) is 24.5 Å². The second-order valence-electron chi connectivity index (χ2n) is 8.84. The molecule has 1 aliphatic carbocycles. The number of hydrogen-bond donors (Lipinski definition) is 4. The smallest absolute Gasteiger partial charge is 0.216 e. The number of carbonyl (C=O) groups excluding carboxylic acids is 1. The summed E-state index contributed by atoms with van der Waals surface area (Å²) in [5, 5.41) is 33.6. The second kappa shape index (κ2) is 9.34. The van der Waals surface area contributed by atoms with E-state index in [1.54, 1.807) is 24.3 Å². The summed E-state index contributed by atoms with van der Waals surface area (Å²) in [4.78, 5) is 11.2. The van der Waals surface area contributed by atoms with Crippen LogP contribution in [-0.2, 0) is 11.2 Å². The van der Waals surface area contributed by atoms with Gasteiger partial charge in [-0.25, -0.2) is 4.39 Å². The lowest BCUT2D eigenvalue weighted by Gasteiger charge is -2.45. The molecule has 0 bridgehead atoms. The number of benzene rings is 2. The summed E-state index contributed by atoms with van der Waals surface area (Å²) < 4.78 is 19.9. The van der Waals surface area contributed by atoms with Crippen LogP contribution in [0.5, 0.6) is 5.75 Å². The molecule has 6 nitrogen and oxygen atoms in total. The fraction of sp³-hybridized carbons (Fsp3) is 0.458. The predicted molar refractivity (Wildman–Crippen MR) is 115 cm³/mol. The molecule has 1 amide bonds. The van der Waals surface area contributed by atoms with Gasteiger partial charge >= 0.3 is 0 Å². The highest BCUT2D eigenvalue weighted by Gasteiger charge is 2.48. The molecule has 2 aromatic carbocycles. The van der Waals surface area contributed by atoms with E-state index in [0.29, 0.717) is 30.7 Å². The SMILES string of the molecule is CC(=O)NCCc1ccc(O[C@@H]2CC(C)(C)[C@H](O)[C@@H](O)[C@H]2O)cc1-c1cccc(F)c1. The summed E-state index contributed by atoms with van der Waals surface area (Å²) in [6.07, 6.45) is -3.41. The Morgan fingerprint density at radius 2 is 1.90 bits per heavy atom. The van der Waals surface area contributed by atoms with E-state index in [0.717, 1.165) is 11.1 Å². The van der Waals surface area contributed by atoms with E-state index >= 15 is 0 Å². The van der Waals surface area contributed by atoms with Crippen molar-refractivity contribution in [3.8, 4) is 16.9 Å². The minimum absolute atomic E-state index is 0.123. The van der Waals surface area contributed by atoms with Gasteiger partial charge in [0, 0.05) is 13.5 Å². The number of hydrogen-bond acceptors (Lipinski definition) is 5. The first-order chi connectivity index (χ1) is 14.6. The summed E-state index contributed by atoms with van der Waals surface area (Å²) in [5.74, 6) is -0.0222. The van der Waals surface area contributed by atoms with Crippen LogP contribution in [0, 0.1) is 11.2 Å². The fourth-order valence-corrected chi connectivity index (χ4v) is 4.06. The van der Waals surface area contributed by atoms with Crippen LogP contribution in [0.1, 0.15) is 32.8 Å². The van der Waals surface area contributed by atoms with Gasteiger partial charge in [0.15, 0.2) is 0 Å². The summed E-state index contributed by atoms with van der Waals surface area (Å²) >= 11 is 0. The Bertz CT molecular complexity index is 932. The zero-order chi connectivity index (χ0) is 22.8. The van der Waals surface area contributed by atoms with Gasteiger partial charge in [0.2, 0.25) is 5.91 Å². The molecule has 1 saturated carbocycles. The third-order valence-electron chi connectivity index (χ3n) is 5.85. The van der Waals surface area contributed by atoms with Crippen LogP contribution in [-0.4, -0.2) is 52.2 Å². The molecule has 4 N–H and O–H groups in total. The monoisotopic (exact) mass is 431 g/mol. The fourth-order valence-electron chi connectivity index (χ4n) is 4.06. The molecule has 0 radical (unpaired) electrons. The van der Waals surface area contributed by atoms with Gasteiger partial charge in [-0.2, -0.15) is 0 Å². The molecule has 0 spiro atoms. The minimum Gasteiger partial charge on any atom is -0.488 e. The van der Waals surface area contributed by atoms with E-state index in [1.807, 2.05) is 19.9 Å². The van der Waals surface area contributed by atoms with Crippen molar-refractivity contribution in [2.45, 2.75) is 58.0 Å². The Morgan fingerprint density at radius 3 is 2.58 bits per heavy atom. The van der Waals surface area contributed by atoms with Crippen molar-refractivity contribution in [3.05, 3.63) is 53.8 Å². The Hall–Kier alpha value is -2.48. The lowest BCUT2D eigenvalue weighted by Crippen LogP contribution is -2.58. The molecule has 1 fully saturated rings. The third-order valence-corrected chi connectivity index (χ3v) is 5.85. The van der Waals surface area contributed by atoms with Gasteiger partial charge in [-0.3, -0.25) is 4.79 Å². The number of aliphatic hydroxyl groups is 3. The van der Waals surface area contributed by atoms with Crippen LogP contribution in [0.4, 0.5) is 4.39 Å². The Morgan fingerprint density at radius 1 is 1.16 bits per heavy atom. The van der Waals surface area contributed by atoms with Crippen LogP contribution in [0.15, 0.2) is 42.5 Å². The molecule has 31 heavy (non-hydrogen) atoms. The molecule has 3 rings (SSSR count). The van der Waals surface area contributed by atoms with Crippen molar-refractivity contribution in [3.63, 3.8) is 0 Å². The van der Waals surface area contributed by atoms with E-state index in [-0.39, 0.29) is 11.7 Å². The number of rotatable bonds is 6. The minimum atomic E-state index is -1.31. The van der Waals surface area contributed by atoms with Crippen LogP contribution in [0.2, 0.25) is 0 Å². The van der Waals surface area contributed by atoms with Crippen molar-refractivity contribution in [2.24, 2.45) is 5.41 Å². The third kappa shape index (κ3) is 5.42. The van der Waals surface area contributed by atoms with Gasteiger partial charge in [0.25, 0.3) is 0 Å². The zero-order valence-electron chi connectivity index (χ0n) is 18.0. The summed E-state index contributed by atoms with van der Waals surface area (Å²) in [6, 6.07) is 11.6. The number of carbonyl (C=O) groups is 1. The molecule has 1 aliphatic rings. The van der Waals surface area contributed by atoms with Gasteiger partial charge in [0.1, 0.15) is 29.9 Å². The number of halogens is 1. The number of ether oxygens (including phenoxy) is 1. The van der Waals surface area contributed by atoms with Gasteiger partial charge in [-0.15, -0.1) is 0 Å². The van der Waals surface area contributed by atoms with Crippen molar-refractivity contribution in [1.82, 2.24) is 5.32 Å². The van der Waals surface area contributed by atoms with E-state index in [4.69, 9.17) is 4.74 Å². The van der Waals surface area contributed by atoms with Crippen molar-refractivity contribution >= 4 is 5.91 Å². The molecular formula is C24H30FNO5. The topological polar surface area (TPSA) is 99.0 Å². The van der Waals surface area contributed by atoms with Crippen molar-refractivity contribution in [1.29, 1.82) is 0 Å². The lowest BCUT2D eigenvalue weighted by atomic mass is 9.71. The van der Waals surface area contributed by atoms with Crippen LogP contribution in [0.25, 0.3) is 11.1 Å².